The van der Waals surface area contributed by atoms with Crippen molar-refractivity contribution in [1.82, 2.24) is 9.78 Å². The summed E-state index contributed by atoms with van der Waals surface area (Å²) in [5.74, 6) is -0.355. The number of carbonyl (C=O) groups is 1. The van der Waals surface area contributed by atoms with Gasteiger partial charge in [0.25, 0.3) is 0 Å². The molecule has 94 valence electrons. The van der Waals surface area contributed by atoms with Gasteiger partial charge in [0, 0.05) is 12.4 Å². The van der Waals surface area contributed by atoms with Crippen molar-refractivity contribution in [3.63, 3.8) is 0 Å². The molecule has 2 aromatic rings. The van der Waals surface area contributed by atoms with Gasteiger partial charge in [-0.15, -0.1) is 0 Å². The fourth-order valence-corrected chi connectivity index (χ4v) is 1.81. The number of carboxylic acids is 1. The van der Waals surface area contributed by atoms with Gasteiger partial charge in [-0.1, -0.05) is 12.1 Å². The smallest absolute Gasteiger partial charge is 0.336 e. The highest BCUT2D eigenvalue weighted by Crippen LogP contribution is 2.28. The molecule has 1 aromatic heterocycles. The van der Waals surface area contributed by atoms with Crippen molar-refractivity contribution in [2.45, 2.75) is 12.5 Å². The Bertz CT molecular complexity index is 551. The van der Waals surface area contributed by atoms with E-state index < -0.39 is 11.5 Å². The van der Waals surface area contributed by atoms with Gasteiger partial charge in [0.15, 0.2) is 5.54 Å². The Morgan fingerprint density at radius 2 is 2.22 bits per heavy atom. The van der Waals surface area contributed by atoms with E-state index in [0.717, 1.165) is 0 Å². The van der Waals surface area contributed by atoms with Gasteiger partial charge in [-0.05, 0) is 30.7 Å². The van der Waals surface area contributed by atoms with Crippen molar-refractivity contribution in [2.24, 2.45) is 0 Å². The zero-order valence-corrected chi connectivity index (χ0v) is 10.2. The Morgan fingerprint density at radius 1 is 1.44 bits per heavy atom. The molecule has 0 fully saturated rings. The van der Waals surface area contributed by atoms with Crippen LogP contribution in [-0.4, -0.2) is 28.0 Å². The summed E-state index contributed by atoms with van der Waals surface area (Å²) >= 11 is 0. The van der Waals surface area contributed by atoms with Crippen molar-refractivity contribution in [3.8, 4) is 5.75 Å². The maximum atomic E-state index is 11.6. The predicted octanol–water partition coefficient (Wildman–Crippen LogP) is 1.74. The van der Waals surface area contributed by atoms with Gasteiger partial charge < -0.3 is 9.84 Å². The van der Waals surface area contributed by atoms with Crippen molar-refractivity contribution < 1.29 is 14.6 Å². The third-order valence-corrected chi connectivity index (χ3v) is 3.01. The van der Waals surface area contributed by atoms with E-state index in [1.807, 2.05) is 0 Å². The van der Waals surface area contributed by atoms with Gasteiger partial charge in [-0.3, -0.25) is 4.68 Å². The molecule has 5 heteroatoms. The molecule has 0 spiro atoms. The summed E-state index contributed by atoms with van der Waals surface area (Å²) in [5.41, 5.74) is -0.643. The summed E-state index contributed by atoms with van der Waals surface area (Å²) in [5, 5.41) is 13.6. The van der Waals surface area contributed by atoms with Crippen LogP contribution in [-0.2, 0) is 10.3 Å². The Kier molecular flexibility index (Phi) is 3.06. The van der Waals surface area contributed by atoms with Gasteiger partial charge in [-0.2, -0.15) is 5.10 Å². The highest BCUT2D eigenvalue weighted by molar-refractivity contribution is 5.80. The van der Waals surface area contributed by atoms with E-state index >= 15 is 0 Å². The first-order valence-electron chi connectivity index (χ1n) is 5.47. The molecule has 1 unspecified atom stereocenters. The lowest BCUT2D eigenvalue weighted by atomic mass is 9.92. The zero-order chi connectivity index (χ0) is 13.2. The summed E-state index contributed by atoms with van der Waals surface area (Å²) in [7, 11) is 1.55. The average Bonchev–Trinajstić information content (AvgIpc) is 2.91. The fraction of sp³-hybridized carbons (Fsp3) is 0.231. The van der Waals surface area contributed by atoms with Crippen LogP contribution in [0.1, 0.15) is 12.5 Å². The van der Waals surface area contributed by atoms with E-state index in [1.54, 1.807) is 56.8 Å². The van der Waals surface area contributed by atoms with E-state index in [-0.39, 0.29) is 0 Å². The van der Waals surface area contributed by atoms with Crippen molar-refractivity contribution in [1.29, 1.82) is 0 Å². The number of hydrogen-bond donors (Lipinski definition) is 1. The summed E-state index contributed by atoms with van der Waals surface area (Å²) < 4.78 is 6.55. The third-order valence-electron chi connectivity index (χ3n) is 3.01. The lowest BCUT2D eigenvalue weighted by Gasteiger charge is -2.26. The topological polar surface area (TPSA) is 64.3 Å². The lowest BCUT2D eigenvalue weighted by Crippen LogP contribution is -2.40. The Morgan fingerprint density at radius 3 is 2.78 bits per heavy atom. The van der Waals surface area contributed by atoms with Crippen molar-refractivity contribution in [2.75, 3.05) is 7.11 Å². The Hall–Kier alpha value is -2.30. The number of rotatable bonds is 4. The average molecular weight is 246 g/mol. The first kappa shape index (κ1) is 12.2. The molecular weight excluding hydrogens is 232 g/mol. The second kappa shape index (κ2) is 4.52. The molecule has 0 radical (unpaired) electrons. The van der Waals surface area contributed by atoms with Crippen LogP contribution in [0, 0.1) is 0 Å². The Labute approximate surface area is 105 Å². The number of carboxylic acid groups (broad SMARTS) is 1. The number of ether oxygens (including phenoxy) is 1. The molecule has 2 rings (SSSR count). The van der Waals surface area contributed by atoms with Gasteiger partial charge >= 0.3 is 5.97 Å². The molecule has 0 aliphatic heterocycles. The van der Waals surface area contributed by atoms with E-state index in [0.29, 0.717) is 11.3 Å². The number of aromatic nitrogens is 2. The van der Waals surface area contributed by atoms with Crippen LogP contribution in [0.2, 0.25) is 0 Å². The quantitative estimate of drug-likeness (QED) is 0.892. The first-order valence-corrected chi connectivity index (χ1v) is 5.47. The summed E-state index contributed by atoms with van der Waals surface area (Å²) in [6.45, 7) is 1.61. The molecule has 0 saturated heterocycles. The van der Waals surface area contributed by atoms with Crippen molar-refractivity contribution in [3.05, 3.63) is 48.3 Å². The number of methoxy groups -OCH3 is 1. The largest absolute Gasteiger partial charge is 0.497 e. The molecule has 0 aliphatic rings. The minimum absolute atomic E-state index is 0.609. The predicted molar refractivity (Wildman–Crippen MR) is 65.6 cm³/mol. The molecule has 0 saturated carbocycles. The first-order chi connectivity index (χ1) is 8.59. The van der Waals surface area contributed by atoms with Gasteiger partial charge in [0.2, 0.25) is 0 Å². The summed E-state index contributed by atoms with van der Waals surface area (Å²) in [4.78, 5) is 11.6. The molecule has 0 aliphatic carbocycles. The summed E-state index contributed by atoms with van der Waals surface area (Å²) in [6, 6.07) is 8.68. The summed E-state index contributed by atoms with van der Waals surface area (Å²) in [6.07, 6.45) is 3.19. The van der Waals surface area contributed by atoms with Gasteiger partial charge in [-0.25, -0.2) is 4.79 Å². The number of hydrogen-bond acceptors (Lipinski definition) is 3. The van der Waals surface area contributed by atoms with Crippen LogP contribution in [0.5, 0.6) is 5.75 Å². The molecule has 1 aromatic carbocycles. The SMILES string of the molecule is COc1cccc(C(C)(C(=O)O)n2cccn2)c1. The standard InChI is InChI=1S/C13H14N2O3/c1-13(12(16)17,15-8-4-7-14-15)10-5-3-6-11(9-10)18-2/h3-9H,1-2H3,(H,16,17). The third kappa shape index (κ3) is 1.84. The molecule has 5 nitrogen and oxygen atoms in total. The number of aliphatic carboxylic acids is 1. The van der Waals surface area contributed by atoms with Crippen LogP contribution in [0.25, 0.3) is 0 Å². The van der Waals surface area contributed by atoms with E-state index in [9.17, 15) is 9.90 Å². The van der Waals surface area contributed by atoms with Crippen LogP contribution >= 0.6 is 0 Å². The minimum Gasteiger partial charge on any atom is -0.497 e. The molecule has 18 heavy (non-hydrogen) atoms. The maximum Gasteiger partial charge on any atom is 0.336 e. The number of nitrogens with zero attached hydrogens (tertiary/aromatic N) is 2. The molecule has 0 bridgehead atoms. The van der Waals surface area contributed by atoms with Crippen LogP contribution in [0.15, 0.2) is 42.7 Å². The molecule has 1 N–H and O–H groups in total. The van der Waals surface area contributed by atoms with E-state index in [2.05, 4.69) is 5.10 Å². The van der Waals surface area contributed by atoms with Crippen LogP contribution < -0.4 is 4.74 Å². The molecular formula is C13H14N2O3. The highest BCUT2D eigenvalue weighted by atomic mass is 16.5. The maximum absolute atomic E-state index is 11.6. The van der Waals surface area contributed by atoms with Crippen LogP contribution in [0.3, 0.4) is 0 Å². The molecule has 0 amide bonds. The second-order valence-corrected chi connectivity index (χ2v) is 4.06. The fourth-order valence-electron chi connectivity index (χ4n) is 1.81. The minimum atomic E-state index is -1.25. The molecule has 1 heterocycles. The normalized spacial score (nSPS) is 13.9. The Balaban J connectivity index is 2.57. The van der Waals surface area contributed by atoms with E-state index in [4.69, 9.17) is 4.74 Å². The molecule has 1 atom stereocenters. The van der Waals surface area contributed by atoms with Gasteiger partial charge in [0.1, 0.15) is 5.75 Å². The van der Waals surface area contributed by atoms with Gasteiger partial charge in [0.05, 0.1) is 7.11 Å². The van der Waals surface area contributed by atoms with Crippen molar-refractivity contribution >= 4 is 5.97 Å². The highest BCUT2D eigenvalue weighted by Gasteiger charge is 2.38. The van der Waals surface area contributed by atoms with E-state index in [1.165, 1.54) is 4.68 Å². The zero-order valence-electron chi connectivity index (χ0n) is 10.2. The number of benzene rings is 1. The van der Waals surface area contributed by atoms with Crippen LogP contribution in [0.4, 0.5) is 0 Å². The lowest BCUT2D eigenvalue weighted by molar-refractivity contribution is -0.144. The monoisotopic (exact) mass is 246 g/mol. The second-order valence-electron chi connectivity index (χ2n) is 4.06.